The Morgan fingerprint density at radius 3 is 2.07 bits per heavy atom. The van der Waals surface area contributed by atoms with E-state index >= 15 is 0 Å². The first kappa shape index (κ1) is 32.4. The Kier molecular flexibility index (Phi) is 10.9. The lowest BCUT2D eigenvalue weighted by Gasteiger charge is -2.33. The molecule has 0 radical (unpaired) electrons. The van der Waals surface area contributed by atoms with Gasteiger partial charge in [-0.25, -0.2) is 8.42 Å². The topological polar surface area (TPSA) is 86.8 Å². The Morgan fingerprint density at radius 2 is 1.49 bits per heavy atom. The number of benzene rings is 3. The van der Waals surface area contributed by atoms with E-state index in [4.69, 9.17) is 23.2 Å². The molecular formula is C31H37Cl2N3O4S. The predicted molar refractivity (Wildman–Crippen MR) is 166 cm³/mol. The fourth-order valence-corrected chi connectivity index (χ4v) is 6.23. The maximum absolute atomic E-state index is 14.1. The van der Waals surface area contributed by atoms with Crippen molar-refractivity contribution >= 4 is 50.7 Å². The Morgan fingerprint density at radius 1 is 0.902 bits per heavy atom. The van der Waals surface area contributed by atoms with Crippen LogP contribution in [0.2, 0.25) is 10.0 Å². The van der Waals surface area contributed by atoms with Crippen LogP contribution in [0, 0.1) is 20.8 Å². The highest BCUT2D eigenvalue weighted by Crippen LogP contribution is 2.30. The Balaban J connectivity index is 2.11. The van der Waals surface area contributed by atoms with Gasteiger partial charge in [-0.05, 0) is 82.5 Å². The molecule has 10 heteroatoms. The lowest BCUT2D eigenvalue weighted by molar-refractivity contribution is -0.139. The number of nitrogens with zero attached hydrogens (tertiary/aromatic N) is 2. The summed E-state index contributed by atoms with van der Waals surface area (Å²) in [5, 5.41) is 3.59. The first-order valence-electron chi connectivity index (χ1n) is 13.5. The number of hydrogen-bond donors (Lipinski definition) is 1. The second kappa shape index (κ2) is 13.7. The third-order valence-electron chi connectivity index (χ3n) is 7.08. The van der Waals surface area contributed by atoms with Gasteiger partial charge in [-0.1, -0.05) is 66.0 Å². The highest BCUT2D eigenvalue weighted by atomic mass is 35.5. The van der Waals surface area contributed by atoms with Gasteiger partial charge >= 0.3 is 0 Å². The zero-order chi connectivity index (χ0) is 30.5. The van der Waals surface area contributed by atoms with E-state index in [-0.39, 0.29) is 23.4 Å². The number of hydrogen-bond acceptors (Lipinski definition) is 4. The molecule has 2 atom stereocenters. The number of carbonyl (C=O) groups is 2. The molecule has 1 N–H and O–H groups in total. The van der Waals surface area contributed by atoms with Crippen molar-refractivity contribution in [3.05, 3.63) is 93.0 Å². The van der Waals surface area contributed by atoms with Crippen molar-refractivity contribution in [2.75, 3.05) is 10.8 Å². The maximum Gasteiger partial charge on any atom is 0.264 e. The zero-order valence-electron chi connectivity index (χ0n) is 24.2. The zero-order valence-corrected chi connectivity index (χ0v) is 26.6. The molecule has 0 heterocycles. The maximum atomic E-state index is 14.1. The van der Waals surface area contributed by atoms with E-state index in [0.717, 1.165) is 15.4 Å². The molecule has 3 rings (SSSR count). The average Bonchev–Trinajstić information content (AvgIpc) is 2.92. The molecule has 2 amide bonds. The molecule has 0 aliphatic carbocycles. The van der Waals surface area contributed by atoms with Crippen molar-refractivity contribution in [1.82, 2.24) is 10.2 Å². The second-order valence-electron chi connectivity index (χ2n) is 10.3. The lowest BCUT2D eigenvalue weighted by atomic mass is 10.1. The smallest absolute Gasteiger partial charge is 0.264 e. The van der Waals surface area contributed by atoms with Crippen molar-refractivity contribution in [2.45, 2.75) is 71.5 Å². The molecule has 0 aliphatic heterocycles. The third-order valence-corrected chi connectivity index (χ3v) is 9.56. The van der Waals surface area contributed by atoms with E-state index < -0.39 is 28.5 Å². The fourth-order valence-electron chi connectivity index (χ4n) is 4.24. The molecule has 41 heavy (non-hydrogen) atoms. The number of aryl methyl sites for hydroxylation is 3. The lowest BCUT2D eigenvalue weighted by Crippen LogP contribution is -2.52. The van der Waals surface area contributed by atoms with E-state index in [1.807, 2.05) is 39.8 Å². The molecule has 0 bridgehead atoms. The number of anilines is 1. The van der Waals surface area contributed by atoms with Gasteiger partial charge in [-0.3, -0.25) is 13.9 Å². The monoisotopic (exact) mass is 617 g/mol. The van der Waals surface area contributed by atoms with E-state index in [0.29, 0.717) is 33.3 Å². The van der Waals surface area contributed by atoms with Crippen molar-refractivity contribution in [2.24, 2.45) is 0 Å². The van der Waals surface area contributed by atoms with Crippen LogP contribution in [-0.4, -0.2) is 43.8 Å². The van der Waals surface area contributed by atoms with Gasteiger partial charge in [0, 0.05) is 28.2 Å². The molecule has 3 aromatic carbocycles. The van der Waals surface area contributed by atoms with Gasteiger partial charge in [0.2, 0.25) is 11.8 Å². The first-order valence-corrected chi connectivity index (χ1v) is 15.6. The van der Waals surface area contributed by atoms with E-state index in [1.54, 1.807) is 50.2 Å². The van der Waals surface area contributed by atoms with Crippen LogP contribution in [0.3, 0.4) is 0 Å². The molecule has 0 unspecified atom stereocenters. The van der Waals surface area contributed by atoms with Crippen LogP contribution in [0.4, 0.5) is 5.69 Å². The minimum absolute atomic E-state index is 0.0556. The number of rotatable bonds is 11. The van der Waals surface area contributed by atoms with Crippen molar-refractivity contribution < 1.29 is 18.0 Å². The van der Waals surface area contributed by atoms with Gasteiger partial charge in [-0.2, -0.15) is 0 Å². The average molecular weight is 619 g/mol. The van der Waals surface area contributed by atoms with Crippen LogP contribution in [0.1, 0.15) is 49.4 Å². The molecule has 0 spiro atoms. The summed E-state index contributed by atoms with van der Waals surface area (Å²) in [6.45, 7) is 10.3. The third kappa shape index (κ3) is 7.82. The normalized spacial score (nSPS) is 12.9. The van der Waals surface area contributed by atoms with Crippen molar-refractivity contribution in [1.29, 1.82) is 0 Å². The minimum Gasteiger partial charge on any atom is -0.352 e. The summed E-state index contributed by atoms with van der Waals surface area (Å²) >= 11 is 12.9. The van der Waals surface area contributed by atoms with E-state index in [1.165, 1.54) is 17.0 Å². The van der Waals surface area contributed by atoms with E-state index in [2.05, 4.69) is 5.32 Å². The fraction of sp³-hybridized carbons (Fsp3) is 0.355. The van der Waals surface area contributed by atoms with Crippen LogP contribution in [0.5, 0.6) is 0 Å². The standard InChI is InChI=1S/C31H37Cl2N3O4S/c1-7-23(5)34-31(38)24(6)35(18-26-27(32)9-8-10-28(26)33)30(37)19-36(29-17-21(3)11-14-22(29)4)41(39,40)25-15-12-20(2)13-16-25/h8-17,23-24H,7,18-19H2,1-6H3,(H,34,38)/t23-,24+/m1/s1. The van der Waals surface area contributed by atoms with Gasteiger partial charge in [0.05, 0.1) is 10.6 Å². The molecule has 0 saturated carbocycles. The number of amides is 2. The minimum atomic E-state index is -4.16. The molecule has 0 saturated heterocycles. The van der Waals surface area contributed by atoms with Gasteiger partial charge in [0.1, 0.15) is 12.6 Å². The molecule has 7 nitrogen and oxygen atoms in total. The highest BCUT2D eigenvalue weighted by Gasteiger charge is 2.34. The molecule has 0 aromatic heterocycles. The predicted octanol–water partition coefficient (Wildman–Crippen LogP) is 6.45. The van der Waals surface area contributed by atoms with Gasteiger partial charge in [0.15, 0.2) is 0 Å². The summed E-state index contributed by atoms with van der Waals surface area (Å²) in [7, 11) is -4.16. The second-order valence-corrected chi connectivity index (χ2v) is 13.0. The summed E-state index contributed by atoms with van der Waals surface area (Å²) in [5.41, 5.74) is 3.27. The molecular weight excluding hydrogens is 581 g/mol. The number of carbonyl (C=O) groups excluding carboxylic acids is 2. The van der Waals surface area contributed by atoms with E-state index in [9.17, 15) is 18.0 Å². The SMILES string of the molecule is CC[C@@H](C)NC(=O)[C@H](C)N(Cc1c(Cl)cccc1Cl)C(=O)CN(c1cc(C)ccc1C)S(=O)(=O)c1ccc(C)cc1. The summed E-state index contributed by atoms with van der Waals surface area (Å²) in [4.78, 5) is 28.7. The molecule has 0 aliphatic rings. The quantitative estimate of drug-likeness (QED) is 0.268. The summed E-state index contributed by atoms with van der Waals surface area (Å²) < 4.78 is 29.2. The van der Waals surface area contributed by atoms with Crippen LogP contribution >= 0.6 is 23.2 Å². The Labute approximate surface area is 253 Å². The number of sulfonamides is 1. The highest BCUT2D eigenvalue weighted by molar-refractivity contribution is 7.92. The summed E-state index contributed by atoms with van der Waals surface area (Å²) in [5.74, 6) is -0.945. The Bertz CT molecular complexity index is 1490. The molecule has 0 fully saturated rings. The Hall–Kier alpha value is -3.07. The largest absolute Gasteiger partial charge is 0.352 e. The first-order chi connectivity index (χ1) is 19.3. The number of halogens is 2. The van der Waals surface area contributed by atoms with Gasteiger partial charge < -0.3 is 10.2 Å². The molecule has 3 aromatic rings. The van der Waals surface area contributed by atoms with Crippen LogP contribution in [0.25, 0.3) is 0 Å². The van der Waals surface area contributed by atoms with Crippen LogP contribution < -0.4 is 9.62 Å². The van der Waals surface area contributed by atoms with Crippen molar-refractivity contribution in [3.63, 3.8) is 0 Å². The van der Waals surface area contributed by atoms with Crippen LogP contribution in [-0.2, 0) is 26.2 Å². The molecule has 220 valence electrons. The van der Waals surface area contributed by atoms with Crippen LogP contribution in [0.15, 0.2) is 65.6 Å². The summed E-state index contributed by atoms with van der Waals surface area (Å²) in [6.07, 6.45) is 0.706. The number of nitrogens with one attached hydrogen (secondary N) is 1. The van der Waals surface area contributed by atoms with Gasteiger partial charge in [0.25, 0.3) is 10.0 Å². The summed E-state index contributed by atoms with van der Waals surface area (Å²) in [6, 6.07) is 15.9. The van der Waals surface area contributed by atoms with Crippen molar-refractivity contribution in [3.8, 4) is 0 Å². The van der Waals surface area contributed by atoms with Gasteiger partial charge in [-0.15, -0.1) is 0 Å².